The summed E-state index contributed by atoms with van der Waals surface area (Å²) < 4.78 is 5.21. The van der Waals surface area contributed by atoms with E-state index in [1.54, 1.807) is 66.9 Å². The molecule has 0 spiro atoms. The number of hydrazone groups is 1. The second-order valence-corrected chi connectivity index (χ2v) is 9.40. The second-order valence-electron chi connectivity index (χ2n) is 9.40. The predicted octanol–water partition coefficient (Wildman–Crippen LogP) is 3.66. The molecule has 0 saturated carbocycles. The van der Waals surface area contributed by atoms with E-state index < -0.39 is 29.8 Å². The Bertz CT molecular complexity index is 1480. The average Bonchev–Trinajstić information content (AvgIpc) is 3.40. The summed E-state index contributed by atoms with van der Waals surface area (Å²) in [5, 5.41) is 6.21. The molecule has 0 aliphatic carbocycles. The first-order valence-corrected chi connectivity index (χ1v) is 12.0. The minimum absolute atomic E-state index is 0.111. The van der Waals surface area contributed by atoms with Gasteiger partial charge in [0.2, 0.25) is 11.8 Å². The highest BCUT2D eigenvalue weighted by molar-refractivity contribution is 6.24. The van der Waals surface area contributed by atoms with Crippen LogP contribution in [0.25, 0.3) is 0 Å². The van der Waals surface area contributed by atoms with Gasteiger partial charge in [-0.3, -0.25) is 24.2 Å². The molecular weight excluding hydrogens is 470 g/mol. The van der Waals surface area contributed by atoms with E-state index in [9.17, 15) is 19.2 Å². The van der Waals surface area contributed by atoms with E-state index in [1.165, 1.54) is 6.92 Å². The number of rotatable bonds is 5. The van der Waals surface area contributed by atoms with Crippen molar-refractivity contribution in [3.8, 4) is 5.75 Å². The first kappa shape index (κ1) is 22.8. The molecule has 37 heavy (non-hydrogen) atoms. The first-order chi connectivity index (χ1) is 17.9. The highest BCUT2D eigenvalue weighted by atomic mass is 16.5. The molecule has 2 fully saturated rings. The maximum atomic E-state index is 13.9. The lowest BCUT2D eigenvalue weighted by molar-refractivity contribution is -0.124. The molecule has 184 valence electrons. The topological polar surface area (TPSA) is 96.3 Å². The Balaban J connectivity index is 1.45. The van der Waals surface area contributed by atoms with E-state index in [4.69, 9.17) is 4.74 Å². The maximum Gasteiger partial charge on any atom is 0.240 e. The number of anilines is 1. The fourth-order valence-corrected chi connectivity index (χ4v) is 5.69. The van der Waals surface area contributed by atoms with Gasteiger partial charge in [-0.1, -0.05) is 24.3 Å². The fraction of sp³-hybridized carbons (Fsp3) is 0.207. The molecule has 1 unspecified atom stereocenters. The van der Waals surface area contributed by atoms with Crippen LogP contribution in [0.3, 0.4) is 0 Å². The van der Waals surface area contributed by atoms with Gasteiger partial charge in [0.1, 0.15) is 11.8 Å². The summed E-state index contributed by atoms with van der Waals surface area (Å²) >= 11 is 0. The summed E-state index contributed by atoms with van der Waals surface area (Å²) in [6, 6.07) is 19.2. The molecule has 0 N–H and O–H groups in total. The van der Waals surface area contributed by atoms with Gasteiger partial charge in [-0.25, -0.2) is 4.90 Å². The Kier molecular flexibility index (Phi) is 5.26. The van der Waals surface area contributed by atoms with Gasteiger partial charge >= 0.3 is 0 Å². The summed E-state index contributed by atoms with van der Waals surface area (Å²) in [6.07, 6.45) is 1.67. The lowest BCUT2D eigenvalue weighted by Crippen LogP contribution is -2.44. The largest absolute Gasteiger partial charge is 0.497 e. The molecule has 2 amide bonds. The van der Waals surface area contributed by atoms with Crippen LogP contribution in [0.5, 0.6) is 5.75 Å². The Morgan fingerprint density at radius 1 is 0.838 bits per heavy atom. The lowest BCUT2D eigenvalue weighted by Gasteiger charge is -2.33. The van der Waals surface area contributed by atoms with E-state index in [0.29, 0.717) is 22.6 Å². The number of amides is 2. The highest BCUT2D eigenvalue weighted by Gasteiger charge is 2.65. The summed E-state index contributed by atoms with van der Waals surface area (Å²) in [5.41, 5.74) is 2.97. The molecule has 6 rings (SSSR count). The number of ether oxygens (including phenoxy) is 1. The molecule has 2 saturated heterocycles. The van der Waals surface area contributed by atoms with Crippen molar-refractivity contribution in [2.75, 3.05) is 12.0 Å². The molecule has 3 aliphatic rings. The predicted molar refractivity (Wildman–Crippen MR) is 136 cm³/mol. The zero-order valence-electron chi connectivity index (χ0n) is 20.2. The van der Waals surface area contributed by atoms with Crippen molar-refractivity contribution in [3.05, 3.63) is 95.1 Å². The summed E-state index contributed by atoms with van der Waals surface area (Å²) in [6.45, 7) is 1.45. The summed E-state index contributed by atoms with van der Waals surface area (Å²) in [5.74, 6) is -2.31. The van der Waals surface area contributed by atoms with Gasteiger partial charge < -0.3 is 4.74 Å². The van der Waals surface area contributed by atoms with E-state index in [0.717, 1.165) is 16.0 Å². The van der Waals surface area contributed by atoms with Crippen LogP contribution in [0.2, 0.25) is 0 Å². The molecule has 0 bridgehead atoms. The monoisotopic (exact) mass is 493 g/mol. The standard InChI is InChI=1S/C29H23N3O5/c1-16(33)17-7-11-20(12-8-17)31-28(35)23-24(29(31)36)26(27(34)18-9-13-21(37-2)14-10-18)32-25(23)22-6-4-3-5-19(22)15-30-32/h3-15,23-26H,1-2H3/t23-,24+,25?,26-/m1/s1. The smallest absolute Gasteiger partial charge is 0.240 e. The second kappa shape index (κ2) is 8.51. The van der Waals surface area contributed by atoms with Crippen molar-refractivity contribution in [1.82, 2.24) is 5.01 Å². The van der Waals surface area contributed by atoms with Crippen LogP contribution in [0.1, 0.15) is 44.8 Å². The first-order valence-electron chi connectivity index (χ1n) is 12.0. The number of imide groups is 1. The van der Waals surface area contributed by atoms with Gasteiger partial charge in [0.25, 0.3) is 0 Å². The van der Waals surface area contributed by atoms with Crippen LogP contribution in [0.15, 0.2) is 77.9 Å². The van der Waals surface area contributed by atoms with Gasteiger partial charge in [0.05, 0.1) is 36.9 Å². The Labute approximate surface area is 213 Å². The maximum absolute atomic E-state index is 13.9. The number of hydrogen-bond donors (Lipinski definition) is 0. The van der Waals surface area contributed by atoms with Crippen molar-refractivity contribution < 1.29 is 23.9 Å². The normalized spacial score (nSPS) is 23.5. The van der Waals surface area contributed by atoms with Crippen molar-refractivity contribution in [1.29, 1.82) is 0 Å². The van der Waals surface area contributed by atoms with Gasteiger partial charge in [-0.2, -0.15) is 5.10 Å². The quantitative estimate of drug-likeness (QED) is 0.398. The zero-order chi connectivity index (χ0) is 25.8. The molecule has 8 nitrogen and oxygen atoms in total. The van der Waals surface area contributed by atoms with Crippen molar-refractivity contribution >= 4 is 35.3 Å². The van der Waals surface area contributed by atoms with Crippen LogP contribution in [0, 0.1) is 11.8 Å². The summed E-state index contributed by atoms with van der Waals surface area (Å²) in [4.78, 5) is 54.6. The van der Waals surface area contributed by atoms with E-state index in [-0.39, 0.29) is 17.5 Å². The average molecular weight is 494 g/mol. The Morgan fingerprint density at radius 3 is 2.16 bits per heavy atom. The van der Waals surface area contributed by atoms with E-state index in [2.05, 4.69) is 5.10 Å². The molecule has 4 atom stereocenters. The van der Waals surface area contributed by atoms with Crippen molar-refractivity contribution in [2.24, 2.45) is 16.9 Å². The van der Waals surface area contributed by atoms with Crippen LogP contribution in [-0.4, -0.2) is 47.8 Å². The van der Waals surface area contributed by atoms with Crippen LogP contribution in [-0.2, 0) is 9.59 Å². The zero-order valence-corrected chi connectivity index (χ0v) is 20.2. The molecule has 3 aromatic rings. The minimum Gasteiger partial charge on any atom is -0.497 e. The van der Waals surface area contributed by atoms with Gasteiger partial charge in [-0.05, 0) is 66.6 Å². The SMILES string of the molecule is COc1ccc(C(=O)[C@H]2[C@H]3C(=O)N(c4ccc(C(C)=O)cc4)C(=O)[C@H]3C3c4ccccc4C=NN32)cc1. The molecular formula is C29H23N3O5. The molecule has 3 aromatic carbocycles. The number of nitrogens with zero attached hydrogens (tertiary/aromatic N) is 3. The molecule has 8 heteroatoms. The number of Topliss-reactive ketones (excluding diaryl/α,β-unsaturated/α-hetero) is 2. The van der Waals surface area contributed by atoms with Crippen molar-refractivity contribution in [3.63, 3.8) is 0 Å². The highest BCUT2D eigenvalue weighted by Crippen LogP contribution is 2.53. The molecule has 3 heterocycles. The third-order valence-corrected chi connectivity index (χ3v) is 7.47. The fourth-order valence-electron chi connectivity index (χ4n) is 5.69. The third kappa shape index (κ3) is 3.40. The third-order valence-electron chi connectivity index (χ3n) is 7.47. The van der Waals surface area contributed by atoms with Crippen LogP contribution < -0.4 is 9.64 Å². The number of methoxy groups -OCH3 is 1. The van der Waals surface area contributed by atoms with Gasteiger partial charge in [0, 0.05) is 11.1 Å². The summed E-state index contributed by atoms with van der Waals surface area (Å²) in [7, 11) is 1.54. The molecule has 0 aromatic heterocycles. The number of carbonyl (C=O) groups excluding carboxylic acids is 4. The number of fused-ring (bicyclic) bond motifs is 5. The van der Waals surface area contributed by atoms with Crippen LogP contribution in [0.4, 0.5) is 5.69 Å². The van der Waals surface area contributed by atoms with Crippen LogP contribution >= 0.6 is 0 Å². The number of carbonyl (C=O) groups is 4. The lowest BCUT2D eigenvalue weighted by atomic mass is 9.83. The van der Waals surface area contributed by atoms with E-state index >= 15 is 0 Å². The molecule has 0 radical (unpaired) electrons. The van der Waals surface area contributed by atoms with Crippen molar-refractivity contribution in [2.45, 2.75) is 19.0 Å². The number of benzene rings is 3. The minimum atomic E-state index is -0.953. The number of hydrogen-bond acceptors (Lipinski definition) is 7. The molecule has 3 aliphatic heterocycles. The van der Waals surface area contributed by atoms with Gasteiger partial charge in [0.15, 0.2) is 11.6 Å². The Morgan fingerprint density at radius 2 is 1.49 bits per heavy atom. The van der Waals surface area contributed by atoms with E-state index in [1.807, 2.05) is 24.3 Å². The Hall–Kier alpha value is -4.59. The number of ketones is 2. The van der Waals surface area contributed by atoms with Gasteiger partial charge in [-0.15, -0.1) is 0 Å².